The highest BCUT2D eigenvalue weighted by Gasteiger charge is 2.04. The van der Waals surface area contributed by atoms with Crippen LogP contribution in [0.1, 0.15) is 5.56 Å². The molecule has 0 atom stereocenters. The molecule has 22 heavy (non-hydrogen) atoms. The maximum atomic E-state index is 12.0. The number of hydrogen-bond acceptors (Lipinski definition) is 3. The molecule has 0 saturated carbocycles. The van der Waals surface area contributed by atoms with Crippen molar-refractivity contribution in [3.8, 4) is 0 Å². The average Bonchev–Trinajstić information content (AvgIpc) is 2.85. The number of aromatic nitrogens is 1. The molecule has 0 radical (unpaired) electrons. The summed E-state index contributed by atoms with van der Waals surface area (Å²) in [7, 11) is 1.95. The minimum absolute atomic E-state index is 0.0805. The largest absolute Gasteiger partial charge is 0.319 e. The van der Waals surface area contributed by atoms with Crippen LogP contribution in [0, 0.1) is 0 Å². The third kappa shape index (κ3) is 3.48. The minimum atomic E-state index is -0.0805. The van der Waals surface area contributed by atoms with E-state index in [1.54, 1.807) is 23.1 Å². The molecule has 1 amide bonds. The lowest BCUT2D eigenvalue weighted by molar-refractivity contribution is -0.115. The smallest absolute Gasteiger partial charge is 0.258 e. The molecule has 0 bridgehead atoms. The molecule has 0 fully saturated rings. The monoisotopic (exact) mass is 328 g/mol. The summed E-state index contributed by atoms with van der Waals surface area (Å²) in [6.07, 6.45) is 0. The Morgan fingerprint density at radius 1 is 1.14 bits per heavy atom. The Hall–Kier alpha value is -1.85. The van der Waals surface area contributed by atoms with Crippen LogP contribution in [0.5, 0.6) is 0 Å². The summed E-state index contributed by atoms with van der Waals surface area (Å²) < 4.78 is 3.12. The molecule has 0 aliphatic rings. The van der Waals surface area contributed by atoms with E-state index in [1.165, 1.54) is 5.56 Å². The Bertz CT molecular complexity index is 850. The van der Waals surface area contributed by atoms with Gasteiger partial charge >= 0.3 is 0 Å². The summed E-state index contributed by atoms with van der Waals surface area (Å²) >= 11 is 3.15. The maximum Gasteiger partial charge on any atom is 0.258 e. The Morgan fingerprint density at radius 2 is 1.86 bits per heavy atom. The number of fused-ring (bicyclic) bond motifs is 1. The van der Waals surface area contributed by atoms with Gasteiger partial charge in [-0.15, -0.1) is 11.8 Å². The Morgan fingerprint density at radius 3 is 2.64 bits per heavy atom. The summed E-state index contributed by atoms with van der Waals surface area (Å²) in [4.78, 5) is 17.0. The standard InChI is InChI=1S/C17H16N2OS2/c1-19-14-9-5-6-10-15(14)22-17(19)18-16(20)12-21-11-13-7-3-2-4-8-13/h2-10H,11-12H2,1H3. The highest BCUT2D eigenvalue weighted by atomic mass is 32.2. The number of benzene rings is 2. The molecule has 0 aliphatic carbocycles. The van der Waals surface area contributed by atoms with Crippen LogP contribution < -0.4 is 4.80 Å². The number of nitrogens with zero attached hydrogens (tertiary/aromatic N) is 2. The van der Waals surface area contributed by atoms with Gasteiger partial charge in [-0.3, -0.25) is 4.79 Å². The van der Waals surface area contributed by atoms with Crippen LogP contribution in [0.15, 0.2) is 59.6 Å². The highest BCUT2D eigenvalue weighted by molar-refractivity contribution is 7.99. The zero-order valence-electron chi connectivity index (χ0n) is 12.2. The molecule has 3 aromatic rings. The lowest BCUT2D eigenvalue weighted by Crippen LogP contribution is -2.14. The van der Waals surface area contributed by atoms with Crippen LogP contribution >= 0.6 is 23.1 Å². The van der Waals surface area contributed by atoms with E-state index in [0.717, 1.165) is 20.8 Å². The molecule has 1 heterocycles. The molecule has 1 aromatic heterocycles. The van der Waals surface area contributed by atoms with Crippen molar-refractivity contribution in [3.05, 3.63) is 65.0 Å². The maximum absolute atomic E-state index is 12.0. The van der Waals surface area contributed by atoms with Gasteiger partial charge in [0.25, 0.3) is 5.91 Å². The summed E-state index contributed by atoms with van der Waals surface area (Å²) in [5.41, 5.74) is 2.34. The van der Waals surface area contributed by atoms with Crippen LogP contribution in [0.25, 0.3) is 10.2 Å². The molecular formula is C17H16N2OS2. The number of para-hydroxylation sites is 1. The predicted molar refractivity (Wildman–Crippen MR) is 94.0 cm³/mol. The van der Waals surface area contributed by atoms with Crippen molar-refractivity contribution in [1.29, 1.82) is 0 Å². The fraction of sp³-hybridized carbons (Fsp3) is 0.176. The zero-order valence-corrected chi connectivity index (χ0v) is 13.9. The summed E-state index contributed by atoms with van der Waals surface area (Å²) in [6, 6.07) is 18.2. The van der Waals surface area contributed by atoms with E-state index in [9.17, 15) is 4.79 Å². The average molecular weight is 328 g/mol. The van der Waals surface area contributed by atoms with Crippen LogP contribution in [-0.4, -0.2) is 16.2 Å². The molecule has 3 rings (SSSR count). The lowest BCUT2D eigenvalue weighted by Gasteiger charge is -1.99. The molecule has 0 unspecified atom stereocenters. The normalized spacial score (nSPS) is 12.0. The molecule has 0 spiro atoms. The first-order chi connectivity index (χ1) is 10.7. The second-order valence-corrected chi connectivity index (χ2v) is 6.89. The van der Waals surface area contributed by atoms with Crippen LogP contribution in [0.2, 0.25) is 0 Å². The van der Waals surface area contributed by atoms with Crippen molar-refractivity contribution in [1.82, 2.24) is 4.57 Å². The number of hydrogen-bond donors (Lipinski definition) is 0. The number of carbonyl (C=O) groups is 1. The number of thiazole rings is 1. The van der Waals surface area contributed by atoms with E-state index < -0.39 is 0 Å². The number of carbonyl (C=O) groups excluding carboxylic acids is 1. The third-order valence-electron chi connectivity index (χ3n) is 3.27. The molecule has 2 aromatic carbocycles. The van der Waals surface area contributed by atoms with E-state index >= 15 is 0 Å². The fourth-order valence-corrected chi connectivity index (χ4v) is 3.96. The van der Waals surface area contributed by atoms with Gasteiger partial charge in [-0.05, 0) is 17.7 Å². The van der Waals surface area contributed by atoms with E-state index in [0.29, 0.717) is 5.75 Å². The Balaban J connectivity index is 1.68. The summed E-state index contributed by atoms with van der Waals surface area (Å²) in [5.74, 6) is 1.16. The first kappa shape index (κ1) is 15.1. The van der Waals surface area contributed by atoms with Crippen molar-refractivity contribution < 1.29 is 4.79 Å². The molecular weight excluding hydrogens is 312 g/mol. The molecule has 0 aliphatic heterocycles. The van der Waals surface area contributed by atoms with Gasteiger partial charge in [0.1, 0.15) is 0 Å². The summed E-state index contributed by atoms with van der Waals surface area (Å²) in [5, 5.41) is 0. The first-order valence-electron chi connectivity index (χ1n) is 6.98. The van der Waals surface area contributed by atoms with Gasteiger partial charge in [0.2, 0.25) is 0 Å². The number of thioether (sulfide) groups is 1. The zero-order chi connectivity index (χ0) is 15.4. The van der Waals surface area contributed by atoms with Gasteiger partial charge in [-0.25, -0.2) is 0 Å². The SMILES string of the molecule is Cn1c(=NC(=O)CSCc2ccccc2)sc2ccccc21. The van der Waals surface area contributed by atoms with Crippen molar-refractivity contribution >= 4 is 39.2 Å². The fourth-order valence-electron chi connectivity index (χ4n) is 2.16. The van der Waals surface area contributed by atoms with Crippen molar-refractivity contribution in [2.75, 3.05) is 5.75 Å². The van der Waals surface area contributed by atoms with E-state index in [4.69, 9.17) is 0 Å². The predicted octanol–water partition coefficient (Wildman–Crippen LogP) is 3.60. The number of amides is 1. The Kier molecular flexibility index (Phi) is 4.75. The van der Waals surface area contributed by atoms with E-state index in [-0.39, 0.29) is 5.91 Å². The highest BCUT2D eigenvalue weighted by Crippen LogP contribution is 2.15. The number of rotatable bonds is 4. The van der Waals surface area contributed by atoms with Gasteiger partial charge in [-0.1, -0.05) is 53.8 Å². The van der Waals surface area contributed by atoms with Crippen molar-refractivity contribution in [2.24, 2.45) is 12.0 Å². The second kappa shape index (κ2) is 6.94. The topological polar surface area (TPSA) is 34.4 Å². The van der Waals surface area contributed by atoms with Crippen LogP contribution in [-0.2, 0) is 17.6 Å². The molecule has 3 nitrogen and oxygen atoms in total. The van der Waals surface area contributed by atoms with Crippen LogP contribution in [0.3, 0.4) is 0 Å². The van der Waals surface area contributed by atoms with E-state index in [1.807, 2.05) is 54.1 Å². The Labute approximate surface area is 137 Å². The van der Waals surface area contributed by atoms with Gasteiger partial charge in [0.05, 0.1) is 16.0 Å². The summed E-state index contributed by atoms with van der Waals surface area (Å²) in [6.45, 7) is 0. The van der Waals surface area contributed by atoms with Crippen LogP contribution in [0.4, 0.5) is 0 Å². The molecule has 5 heteroatoms. The molecule has 112 valence electrons. The quantitative estimate of drug-likeness (QED) is 0.733. The van der Waals surface area contributed by atoms with Gasteiger partial charge in [-0.2, -0.15) is 4.99 Å². The van der Waals surface area contributed by atoms with Crippen molar-refractivity contribution in [2.45, 2.75) is 5.75 Å². The minimum Gasteiger partial charge on any atom is -0.319 e. The van der Waals surface area contributed by atoms with E-state index in [2.05, 4.69) is 17.1 Å². The second-order valence-electron chi connectivity index (χ2n) is 4.90. The van der Waals surface area contributed by atoms with Gasteiger partial charge < -0.3 is 4.57 Å². The lowest BCUT2D eigenvalue weighted by atomic mass is 10.2. The molecule has 0 saturated heterocycles. The van der Waals surface area contributed by atoms with Crippen molar-refractivity contribution in [3.63, 3.8) is 0 Å². The first-order valence-corrected chi connectivity index (χ1v) is 8.95. The molecule has 0 N–H and O–H groups in total. The van der Waals surface area contributed by atoms with Gasteiger partial charge in [0.15, 0.2) is 4.80 Å². The number of aryl methyl sites for hydroxylation is 1. The van der Waals surface area contributed by atoms with Gasteiger partial charge in [0, 0.05) is 12.8 Å². The third-order valence-corrected chi connectivity index (χ3v) is 5.37.